The average Bonchev–Trinajstić information content (AvgIpc) is 2.54. The lowest BCUT2D eigenvalue weighted by molar-refractivity contribution is -0.125. The van der Waals surface area contributed by atoms with E-state index in [-0.39, 0.29) is 11.8 Å². The Balaban J connectivity index is 1.88. The summed E-state index contributed by atoms with van der Waals surface area (Å²) >= 11 is 0. The van der Waals surface area contributed by atoms with Crippen molar-refractivity contribution in [2.45, 2.75) is 44.6 Å². The summed E-state index contributed by atoms with van der Waals surface area (Å²) in [6, 6.07) is 4.42. The molecule has 1 fully saturated rings. The third-order valence-electron chi connectivity index (χ3n) is 4.23. The zero-order valence-corrected chi connectivity index (χ0v) is 13.0. The van der Waals surface area contributed by atoms with E-state index in [9.17, 15) is 9.59 Å². The smallest absolute Gasteiger partial charge is 0.226 e. The van der Waals surface area contributed by atoms with Crippen LogP contribution in [0, 0.1) is 0 Å². The van der Waals surface area contributed by atoms with Crippen LogP contribution in [-0.2, 0) is 9.59 Å². The summed E-state index contributed by atoms with van der Waals surface area (Å²) in [4.78, 5) is 28.3. The van der Waals surface area contributed by atoms with Gasteiger partial charge in [-0.15, -0.1) is 0 Å². The maximum atomic E-state index is 11.3. The largest absolute Gasteiger partial charge is 0.357 e. The quantitative estimate of drug-likeness (QED) is 0.770. The highest BCUT2D eigenvalue weighted by molar-refractivity contribution is 5.85. The molecule has 0 radical (unpaired) electrons. The van der Waals surface area contributed by atoms with E-state index in [4.69, 9.17) is 5.73 Å². The number of hydrogen-bond donors (Lipinski definition) is 2. The predicted octanol–water partition coefficient (Wildman–Crippen LogP) is 1.17. The highest BCUT2D eigenvalue weighted by atomic mass is 16.2. The first-order valence-corrected chi connectivity index (χ1v) is 7.79. The van der Waals surface area contributed by atoms with Crippen LogP contribution in [0.1, 0.15) is 44.1 Å². The van der Waals surface area contributed by atoms with Crippen LogP contribution < -0.4 is 16.0 Å². The van der Waals surface area contributed by atoms with Crippen LogP contribution in [0.5, 0.6) is 0 Å². The number of nitrogens with zero attached hydrogens (tertiary/aromatic N) is 2. The summed E-state index contributed by atoms with van der Waals surface area (Å²) in [5.74, 6) is 0.978. The van der Waals surface area contributed by atoms with Crippen molar-refractivity contribution in [3.05, 3.63) is 23.9 Å². The summed E-state index contributed by atoms with van der Waals surface area (Å²) in [5, 5.41) is 2.16. The van der Waals surface area contributed by atoms with Gasteiger partial charge in [-0.1, -0.05) is 13.0 Å². The van der Waals surface area contributed by atoms with Crippen LogP contribution in [0.25, 0.3) is 0 Å². The van der Waals surface area contributed by atoms with Gasteiger partial charge in [0.2, 0.25) is 12.3 Å². The maximum absolute atomic E-state index is 11.3. The molecular weight excluding hydrogens is 280 g/mol. The van der Waals surface area contributed by atoms with Crippen LogP contribution in [-0.4, -0.2) is 36.4 Å². The van der Waals surface area contributed by atoms with Gasteiger partial charge in [0.1, 0.15) is 5.82 Å². The maximum Gasteiger partial charge on any atom is 0.226 e. The van der Waals surface area contributed by atoms with Crippen LogP contribution in [0.3, 0.4) is 0 Å². The van der Waals surface area contributed by atoms with Crippen molar-refractivity contribution in [2.24, 2.45) is 5.73 Å². The van der Waals surface area contributed by atoms with Crippen molar-refractivity contribution in [2.75, 3.05) is 18.0 Å². The van der Waals surface area contributed by atoms with Crippen molar-refractivity contribution in [3.63, 3.8) is 0 Å². The molecule has 1 aromatic rings. The van der Waals surface area contributed by atoms with Crippen molar-refractivity contribution in [1.82, 2.24) is 10.3 Å². The second-order valence-electron chi connectivity index (χ2n) is 5.90. The fourth-order valence-corrected chi connectivity index (χ4v) is 2.66. The fraction of sp³-hybridized carbons (Fsp3) is 0.562. The van der Waals surface area contributed by atoms with Crippen molar-refractivity contribution < 1.29 is 9.59 Å². The van der Waals surface area contributed by atoms with E-state index in [0.717, 1.165) is 37.3 Å². The molecule has 1 aliphatic heterocycles. The highest BCUT2D eigenvalue weighted by Crippen LogP contribution is 2.23. The summed E-state index contributed by atoms with van der Waals surface area (Å²) in [5.41, 5.74) is 7.02. The molecule has 2 heterocycles. The minimum atomic E-state index is -0.240. The average molecular weight is 304 g/mol. The molecule has 1 aliphatic rings. The first-order valence-electron chi connectivity index (χ1n) is 7.79. The van der Waals surface area contributed by atoms with E-state index in [1.54, 1.807) is 0 Å². The third-order valence-corrected chi connectivity index (χ3v) is 4.23. The molecule has 1 aromatic heterocycles. The molecule has 6 heteroatoms. The molecule has 0 aliphatic carbocycles. The number of imide groups is 1. The van der Waals surface area contributed by atoms with Gasteiger partial charge in [0.05, 0.1) is 0 Å². The standard InChI is InChI=1S/C16H24N4O2/c1-12(2-5-16(22)19-11-21)13-3-4-15(18-10-13)20-8-6-14(17)7-9-20/h3-4,10-12,14H,2,5-9,17H2,1H3,(H,19,21,22). The topological polar surface area (TPSA) is 88.3 Å². The molecule has 0 bridgehead atoms. The van der Waals surface area contributed by atoms with E-state index in [1.807, 2.05) is 12.3 Å². The lowest BCUT2D eigenvalue weighted by Crippen LogP contribution is -2.40. The molecule has 22 heavy (non-hydrogen) atoms. The van der Waals surface area contributed by atoms with E-state index < -0.39 is 0 Å². The number of anilines is 1. The van der Waals surface area contributed by atoms with Gasteiger partial charge in [-0.05, 0) is 36.8 Å². The number of nitrogens with one attached hydrogen (secondary N) is 1. The minimum absolute atomic E-state index is 0.230. The summed E-state index contributed by atoms with van der Waals surface area (Å²) in [6.07, 6.45) is 5.35. The first kappa shape index (κ1) is 16.4. The van der Waals surface area contributed by atoms with Gasteiger partial charge in [0.15, 0.2) is 0 Å². The van der Waals surface area contributed by atoms with Gasteiger partial charge in [-0.25, -0.2) is 4.98 Å². The normalized spacial score (nSPS) is 17.1. The monoisotopic (exact) mass is 304 g/mol. The number of amides is 2. The summed E-state index contributed by atoms with van der Waals surface area (Å²) < 4.78 is 0. The van der Waals surface area contributed by atoms with Crippen molar-refractivity contribution >= 4 is 18.1 Å². The van der Waals surface area contributed by atoms with Crippen LogP contribution >= 0.6 is 0 Å². The Kier molecular flexibility index (Phi) is 5.89. The molecule has 0 saturated carbocycles. The zero-order valence-electron chi connectivity index (χ0n) is 13.0. The van der Waals surface area contributed by atoms with E-state index in [1.165, 1.54) is 0 Å². The number of carbonyl (C=O) groups is 2. The van der Waals surface area contributed by atoms with Gasteiger partial charge in [0.25, 0.3) is 0 Å². The lowest BCUT2D eigenvalue weighted by Gasteiger charge is -2.31. The number of aromatic nitrogens is 1. The molecule has 2 amide bonds. The second kappa shape index (κ2) is 7.89. The molecule has 6 nitrogen and oxygen atoms in total. The van der Waals surface area contributed by atoms with Gasteiger partial charge in [-0.3, -0.25) is 14.9 Å². The van der Waals surface area contributed by atoms with Crippen LogP contribution in [0.15, 0.2) is 18.3 Å². The molecule has 120 valence electrons. The minimum Gasteiger partial charge on any atom is -0.357 e. The van der Waals surface area contributed by atoms with Crippen molar-refractivity contribution in [1.29, 1.82) is 0 Å². The Hall–Kier alpha value is -1.95. The molecule has 1 unspecified atom stereocenters. The Morgan fingerprint density at radius 1 is 1.50 bits per heavy atom. The van der Waals surface area contributed by atoms with E-state index in [0.29, 0.717) is 25.3 Å². The molecule has 2 rings (SSSR count). The number of piperidine rings is 1. The van der Waals surface area contributed by atoms with Gasteiger partial charge in [-0.2, -0.15) is 0 Å². The first-order chi connectivity index (χ1) is 10.6. The zero-order chi connectivity index (χ0) is 15.9. The molecular formula is C16H24N4O2. The molecule has 1 saturated heterocycles. The Bertz CT molecular complexity index is 495. The molecule has 1 atom stereocenters. The number of pyridine rings is 1. The van der Waals surface area contributed by atoms with E-state index in [2.05, 4.69) is 28.2 Å². The van der Waals surface area contributed by atoms with Gasteiger partial charge >= 0.3 is 0 Å². The second-order valence-corrected chi connectivity index (χ2v) is 5.90. The lowest BCUT2D eigenvalue weighted by atomic mass is 9.97. The molecule has 3 N–H and O–H groups in total. The SMILES string of the molecule is CC(CCC(=O)NC=O)c1ccc(N2CCC(N)CC2)nc1. The molecule has 0 aromatic carbocycles. The number of rotatable bonds is 6. The van der Waals surface area contributed by atoms with Crippen molar-refractivity contribution in [3.8, 4) is 0 Å². The van der Waals surface area contributed by atoms with Gasteiger partial charge < -0.3 is 10.6 Å². The van der Waals surface area contributed by atoms with Crippen LogP contribution in [0.4, 0.5) is 5.82 Å². The Morgan fingerprint density at radius 3 is 2.82 bits per heavy atom. The number of nitrogens with two attached hydrogens (primary N) is 1. The van der Waals surface area contributed by atoms with E-state index >= 15 is 0 Å². The Labute approximate surface area is 131 Å². The fourth-order valence-electron chi connectivity index (χ4n) is 2.66. The number of carbonyl (C=O) groups excluding carboxylic acids is 2. The summed E-state index contributed by atoms with van der Waals surface area (Å²) in [7, 11) is 0. The Morgan fingerprint density at radius 2 is 2.23 bits per heavy atom. The third kappa shape index (κ3) is 4.53. The number of hydrogen-bond acceptors (Lipinski definition) is 5. The predicted molar refractivity (Wildman–Crippen MR) is 85.5 cm³/mol. The summed E-state index contributed by atoms with van der Waals surface area (Å²) in [6.45, 7) is 3.97. The van der Waals surface area contributed by atoms with Crippen LogP contribution in [0.2, 0.25) is 0 Å². The highest BCUT2D eigenvalue weighted by Gasteiger charge is 2.17. The van der Waals surface area contributed by atoms with Gasteiger partial charge in [0, 0.05) is 31.7 Å². The molecule has 0 spiro atoms.